The van der Waals surface area contributed by atoms with Gasteiger partial charge in [0.25, 0.3) is 0 Å². The fraction of sp³-hybridized carbons (Fsp3) is 0.353. The van der Waals surface area contributed by atoms with Crippen molar-refractivity contribution < 1.29 is 27.1 Å². The van der Waals surface area contributed by atoms with E-state index in [1.54, 1.807) is 6.92 Å². The number of amides is 1. The zero-order valence-electron chi connectivity index (χ0n) is 15.0. The van der Waals surface area contributed by atoms with Crippen LogP contribution in [0.5, 0.6) is 0 Å². The first-order valence-corrected chi connectivity index (χ1v) is 10.7. The molecule has 0 aliphatic heterocycles. The van der Waals surface area contributed by atoms with Crippen LogP contribution in [0.15, 0.2) is 23.1 Å². The van der Waals surface area contributed by atoms with Crippen LogP contribution in [0, 0.1) is 12.7 Å². The zero-order chi connectivity index (χ0) is 20.2. The fourth-order valence-electron chi connectivity index (χ4n) is 2.34. The molecule has 1 N–H and O–H groups in total. The summed E-state index contributed by atoms with van der Waals surface area (Å²) in [7, 11) is -2.36. The number of esters is 1. The Bertz CT molecular complexity index is 970. The Kier molecular flexibility index (Phi) is 6.66. The van der Waals surface area contributed by atoms with Crippen LogP contribution in [0.25, 0.3) is 10.4 Å². The smallest absolute Gasteiger partial charge is 0.305 e. The molecule has 0 fully saturated rings. The van der Waals surface area contributed by atoms with Gasteiger partial charge in [0.2, 0.25) is 5.91 Å². The molecule has 0 radical (unpaired) electrons. The minimum Gasteiger partial charge on any atom is -0.469 e. The number of hydrogen-bond donors (Lipinski definition) is 1. The maximum Gasteiger partial charge on any atom is 0.305 e. The monoisotopic (exact) mass is 414 g/mol. The number of aromatic nitrogens is 1. The molecule has 1 heterocycles. The largest absolute Gasteiger partial charge is 0.469 e. The Morgan fingerprint density at radius 3 is 2.59 bits per heavy atom. The summed E-state index contributed by atoms with van der Waals surface area (Å²) in [5, 5.41) is 2.99. The normalized spacial score (nSPS) is 11.3. The third kappa shape index (κ3) is 5.57. The molecule has 0 unspecified atom stereocenters. The van der Waals surface area contributed by atoms with E-state index in [1.807, 2.05) is 0 Å². The van der Waals surface area contributed by atoms with E-state index in [4.69, 9.17) is 0 Å². The average molecular weight is 414 g/mol. The van der Waals surface area contributed by atoms with Gasteiger partial charge < -0.3 is 10.1 Å². The number of anilines is 1. The van der Waals surface area contributed by atoms with Crippen LogP contribution >= 0.6 is 11.3 Å². The number of benzene rings is 1. The maximum atomic E-state index is 14.1. The second kappa shape index (κ2) is 8.57. The molecule has 0 atom stereocenters. The number of sulfone groups is 1. The SMILES string of the molecule is COC(=O)CCCC(=O)Nc1nc(C)c(-c2ccc(S(C)(=O)=O)c(F)c2)s1. The quantitative estimate of drug-likeness (QED) is 0.699. The van der Waals surface area contributed by atoms with E-state index < -0.39 is 15.7 Å². The highest BCUT2D eigenvalue weighted by Gasteiger charge is 2.17. The van der Waals surface area contributed by atoms with Gasteiger partial charge in [0.1, 0.15) is 10.7 Å². The summed E-state index contributed by atoms with van der Waals surface area (Å²) in [6.45, 7) is 1.71. The van der Waals surface area contributed by atoms with Crippen LogP contribution in [0.2, 0.25) is 0 Å². The van der Waals surface area contributed by atoms with Crippen molar-refractivity contribution in [2.45, 2.75) is 31.1 Å². The third-order valence-electron chi connectivity index (χ3n) is 3.65. The number of methoxy groups -OCH3 is 1. The predicted octanol–water partition coefficient (Wildman–Crippen LogP) is 2.94. The van der Waals surface area contributed by atoms with Gasteiger partial charge in [-0.2, -0.15) is 0 Å². The second-order valence-electron chi connectivity index (χ2n) is 5.83. The van der Waals surface area contributed by atoms with Crippen LogP contribution < -0.4 is 5.32 Å². The van der Waals surface area contributed by atoms with E-state index in [1.165, 1.54) is 19.2 Å². The molecule has 0 aliphatic carbocycles. The van der Waals surface area contributed by atoms with Gasteiger partial charge >= 0.3 is 5.97 Å². The highest BCUT2D eigenvalue weighted by molar-refractivity contribution is 7.90. The molecule has 0 spiro atoms. The van der Waals surface area contributed by atoms with Crippen LogP contribution in [-0.2, 0) is 24.2 Å². The topological polar surface area (TPSA) is 102 Å². The van der Waals surface area contributed by atoms with Gasteiger partial charge in [-0.15, -0.1) is 0 Å². The summed E-state index contributed by atoms with van der Waals surface area (Å²) < 4.78 is 41.7. The molecule has 1 aromatic carbocycles. The van der Waals surface area contributed by atoms with E-state index in [0.717, 1.165) is 23.7 Å². The van der Waals surface area contributed by atoms with Crippen molar-refractivity contribution in [3.05, 3.63) is 29.7 Å². The maximum absolute atomic E-state index is 14.1. The number of ether oxygens (including phenoxy) is 1. The van der Waals surface area contributed by atoms with Crippen molar-refractivity contribution in [1.82, 2.24) is 4.98 Å². The first-order valence-electron chi connectivity index (χ1n) is 7.96. The average Bonchev–Trinajstić information content (AvgIpc) is 2.93. The van der Waals surface area contributed by atoms with Gasteiger partial charge in [-0.3, -0.25) is 9.59 Å². The highest BCUT2D eigenvalue weighted by Crippen LogP contribution is 2.34. The highest BCUT2D eigenvalue weighted by atomic mass is 32.2. The lowest BCUT2D eigenvalue weighted by molar-refractivity contribution is -0.140. The number of nitrogens with one attached hydrogen (secondary N) is 1. The summed E-state index contributed by atoms with van der Waals surface area (Å²) in [5.74, 6) is -1.51. The molecular formula is C17H19FN2O5S2. The lowest BCUT2D eigenvalue weighted by Gasteiger charge is -2.04. The number of hydrogen-bond acceptors (Lipinski definition) is 7. The summed E-state index contributed by atoms with van der Waals surface area (Å²) in [4.78, 5) is 27.5. The van der Waals surface area contributed by atoms with Crippen molar-refractivity contribution in [3.8, 4) is 10.4 Å². The minimum absolute atomic E-state index is 0.140. The molecule has 1 aromatic heterocycles. The standard InChI is InChI=1S/C17H19FN2O5S2/c1-10-16(11-7-8-13(12(18)9-11)27(3,23)24)26-17(19-10)20-14(21)5-4-6-15(22)25-2/h7-9H,4-6H2,1-3H3,(H,19,20,21). The number of carbonyl (C=O) groups excluding carboxylic acids is 2. The molecule has 0 saturated heterocycles. The summed E-state index contributed by atoms with van der Waals surface area (Å²) >= 11 is 1.16. The Hall–Kier alpha value is -2.33. The summed E-state index contributed by atoms with van der Waals surface area (Å²) in [5.41, 5.74) is 1.05. The first kappa shape index (κ1) is 21.0. The first-order chi connectivity index (χ1) is 12.6. The lowest BCUT2D eigenvalue weighted by Crippen LogP contribution is -2.12. The molecule has 2 aromatic rings. The molecular weight excluding hydrogens is 395 g/mol. The van der Waals surface area contributed by atoms with E-state index in [-0.39, 0.29) is 29.6 Å². The molecule has 1 amide bonds. The Morgan fingerprint density at radius 2 is 2.00 bits per heavy atom. The van der Waals surface area contributed by atoms with E-state index in [2.05, 4.69) is 15.0 Å². The lowest BCUT2D eigenvalue weighted by atomic mass is 10.1. The predicted molar refractivity (Wildman–Crippen MR) is 99.9 cm³/mol. The molecule has 0 aliphatic rings. The van der Waals surface area contributed by atoms with Crippen molar-refractivity contribution in [1.29, 1.82) is 0 Å². The number of rotatable bonds is 7. The summed E-state index contributed by atoms with van der Waals surface area (Å²) in [6, 6.07) is 3.85. The fourth-order valence-corrected chi connectivity index (χ4v) is 4.04. The van der Waals surface area contributed by atoms with Crippen molar-refractivity contribution >= 4 is 38.2 Å². The molecule has 2 rings (SSSR count). The summed E-state index contributed by atoms with van der Waals surface area (Å²) in [6.07, 6.45) is 1.59. The second-order valence-corrected chi connectivity index (χ2v) is 8.81. The van der Waals surface area contributed by atoms with Gasteiger partial charge in [-0.25, -0.2) is 17.8 Å². The number of nitrogens with zero attached hydrogens (tertiary/aromatic N) is 1. The van der Waals surface area contributed by atoms with Gasteiger partial charge in [0.05, 0.1) is 17.7 Å². The van der Waals surface area contributed by atoms with Crippen LogP contribution in [-0.4, -0.2) is 38.6 Å². The van der Waals surface area contributed by atoms with Crippen molar-refractivity contribution in [2.75, 3.05) is 18.7 Å². The van der Waals surface area contributed by atoms with Gasteiger partial charge in [-0.1, -0.05) is 17.4 Å². The van der Waals surface area contributed by atoms with E-state index in [0.29, 0.717) is 27.7 Å². The molecule has 27 heavy (non-hydrogen) atoms. The van der Waals surface area contributed by atoms with E-state index >= 15 is 0 Å². The van der Waals surface area contributed by atoms with Crippen molar-refractivity contribution in [2.24, 2.45) is 0 Å². The number of thiazole rings is 1. The van der Waals surface area contributed by atoms with Crippen LogP contribution in [0.3, 0.4) is 0 Å². The van der Waals surface area contributed by atoms with E-state index in [9.17, 15) is 22.4 Å². The Morgan fingerprint density at radius 1 is 1.30 bits per heavy atom. The molecule has 0 saturated carbocycles. The Balaban J connectivity index is 2.11. The molecule has 146 valence electrons. The molecule has 10 heteroatoms. The number of carbonyl (C=O) groups is 2. The Labute approximate surface area is 160 Å². The zero-order valence-corrected chi connectivity index (χ0v) is 16.7. The van der Waals surface area contributed by atoms with Crippen LogP contribution in [0.1, 0.15) is 25.0 Å². The minimum atomic E-state index is -3.65. The third-order valence-corrected chi connectivity index (χ3v) is 5.90. The number of halogens is 1. The number of aryl methyl sites for hydroxylation is 1. The molecule has 0 bridgehead atoms. The molecule has 7 nitrogen and oxygen atoms in total. The van der Waals surface area contributed by atoms with Gasteiger partial charge in [0.15, 0.2) is 15.0 Å². The van der Waals surface area contributed by atoms with Gasteiger partial charge in [0, 0.05) is 19.1 Å². The van der Waals surface area contributed by atoms with Crippen LogP contribution in [0.4, 0.5) is 9.52 Å². The van der Waals surface area contributed by atoms with Gasteiger partial charge in [-0.05, 0) is 31.0 Å². The van der Waals surface area contributed by atoms with Crippen molar-refractivity contribution in [3.63, 3.8) is 0 Å².